The van der Waals surface area contributed by atoms with Gasteiger partial charge in [-0.3, -0.25) is 9.40 Å². The summed E-state index contributed by atoms with van der Waals surface area (Å²) in [5.41, 5.74) is 1.27. The monoisotopic (exact) mass is 413 g/mol. The van der Waals surface area contributed by atoms with Crippen LogP contribution in [0.3, 0.4) is 0 Å². The summed E-state index contributed by atoms with van der Waals surface area (Å²) in [4.78, 5) is -0.190. The van der Waals surface area contributed by atoms with Crippen molar-refractivity contribution in [3.63, 3.8) is 0 Å². The van der Waals surface area contributed by atoms with Crippen LogP contribution in [0.1, 0.15) is 5.56 Å². The zero-order chi connectivity index (χ0) is 19.4. The van der Waals surface area contributed by atoms with Gasteiger partial charge in [0.1, 0.15) is 5.75 Å². The van der Waals surface area contributed by atoms with Gasteiger partial charge in [0.2, 0.25) is 0 Å². The lowest BCUT2D eigenvalue weighted by atomic mass is 10.2. The molecule has 10 heteroatoms. The van der Waals surface area contributed by atoms with Crippen LogP contribution in [0, 0.1) is 0 Å². The van der Waals surface area contributed by atoms with Crippen molar-refractivity contribution in [2.45, 2.75) is 18.1 Å². The zero-order valence-electron chi connectivity index (χ0n) is 13.7. The SMILES string of the molecule is O=S(=O)(Nc1cnn(Cc2ccccc2)c1)c1ccc(OC(F)F)c(Cl)c1. The second kappa shape index (κ2) is 7.93. The van der Waals surface area contributed by atoms with E-state index >= 15 is 0 Å². The van der Waals surface area contributed by atoms with E-state index in [1.54, 1.807) is 10.9 Å². The van der Waals surface area contributed by atoms with Gasteiger partial charge in [-0.15, -0.1) is 0 Å². The first-order valence-corrected chi connectivity index (χ1v) is 9.53. The molecule has 1 heterocycles. The van der Waals surface area contributed by atoms with E-state index in [2.05, 4.69) is 14.6 Å². The van der Waals surface area contributed by atoms with Crippen molar-refractivity contribution in [1.82, 2.24) is 9.78 Å². The second-order valence-electron chi connectivity index (χ2n) is 5.49. The molecule has 0 radical (unpaired) electrons. The number of sulfonamides is 1. The number of hydrogen-bond acceptors (Lipinski definition) is 4. The van der Waals surface area contributed by atoms with Crippen molar-refractivity contribution < 1.29 is 21.9 Å². The van der Waals surface area contributed by atoms with E-state index in [1.807, 2.05) is 30.3 Å². The maximum absolute atomic E-state index is 12.5. The van der Waals surface area contributed by atoms with Crippen LogP contribution in [0.25, 0.3) is 0 Å². The normalized spacial score (nSPS) is 11.6. The molecule has 0 spiro atoms. The Hall–Kier alpha value is -2.65. The molecular formula is C17H14ClF2N3O3S. The molecule has 0 atom stereocenters. The minimum absolute atomic E-state index is 0.190. The molecule has 1 aromatic heterocycles. The van der Waals surface area contributed by atoms with Gasteiger partial charge in [-0.1, -0.05) is 41.9 Å². The van der Waals surface area contributed by atoms with Crippen molar-refractivity contribution in [1.29, 1.82) is 0 Å². The number of benzene rings is 2. The largest absolute Gasteiger partial charge is 0.433 e. The maximum atomic E-state index is 12.5. The molecule has 0 saturated carbocycles. The van der Waals surface area contributed by atoms with Crippen LogP contribution in [0.15, 0.2) is 65.8 Å². The molecule has 27 heavy (non-hydrogen) atoms. The summed E-state index contributed by atoms with van der Waals surface area (Å²) in [6, 6.07) is 12.8. The van der Waals surface area contributed by atoms with E-state index in [-0.39, 0.29) is 21.4 Å². The smallest absolute Gasteiger partial charge is 0.387 e. The van der Waals surface area contributed by atoms with Gasteiger partial charge in [-0.2, -0.15) is 13.9 Å². The first kappa shape index (κ1) is 19.1. The number of ether oxygens (including phenoxy) is 1. The Morgan fingerprint density at radius 2 is 1.93 bits per heavy atom. The molecule has 0 amide bonds. The molecule has 142 valence electrons. The van der Waals surface area contributed by atoms with Crippen LogP contribution in [-0.4, -0.2) is 24.8 Å². The Morgan fingerprint density at radius 1 is 1.19 bits per heavy atom. The van der Waals surface area contributed by atoms with E-state index in [0.717, 1.165) is 23.8 Å². The number of hydrogen-bond donors (Lipinski definition) is 1. The van der Waals surface area contributed by atoms with E-state index in [1.165, 1.54) is 6.20 Å². The van der Waals surface area contributed by atoms with Gasteiger partial charge in [0.05, 0.1) is 28.3 Å². The molecule has 3 rings (SSSR count). The zero-order valence-corrected chi connectivity index (χ0v) is 15.3. The first-order valence-electron chi connectivity index (χ1n) is 7.67. The topological polar surface area (TPSA) is 73.2 Å². The van der Waals surface area contributed by atoms with Gasteiger partial charge < -0.3 is 4.74 Å². The Morgan fingerprint density at radius 3 is 2.59 bits per heavy atom. The lowest BCUT2D eigenvalue weighted by molar-refractivity contribution is -0.0498. The number of aromatic nitrogens is 2. The molecule has 0 unspecified atom stereocenters. The highest BCUT2D eigenvalue weighted by molar-refractivity contribution is 7.92. The highest BCUT2D eigenvalue weighted by atomic mass is 35.5. The Bertz CT molecular complexity index is 1030. The lowest BCUT2D eigenvalue weighted by Gasteiger charge is -2.09. The van der Waals surface area contributed by atoms with Crippen molar-refractivity contribution in [2.24, 2.45) is 0 Å². The number of nitrogens with one attached hydrogen (secondary N) is 1. The molecule has 0 fully saturated rings. The maximum Gasteiger partial charge on any atom is 0.387 e. The number of rotatable bonds is 7. The molecule has 0 bridgehead atoms. The minimum atomic E-state index is -3.97. The fraction of sp³-hybridized carbons (Fsp3) is 0.118. The molecule has 3 aromatic rings. The van der Waals surface area contributed by atoms with Gasteiger partial charge in [0.15, 0.2) is 0 Å². The average molecular weight is 414 g/mol. The lowest BCUT2D eigenvalue weighted by Crippen LogP contribution is -2.13. The summed E-state index contributed by atoms with van der Waals surface area (Å²) >= 11 is 5.81. The molecule has 2 aromatic carbocycles. The standard InChI is InChI=1S/C17H14ClF2N3O3S/c18-15-8-14(6-7-16(15)26-17(19)20)27(24,25)22-13-9-21-23(11-13)10-12-4-2-1-3-5-12/h1-9,11,17,22H,10H2. The third-order valence-electron chi connectivity index (χ3n) is 3.50. The molecule has 0 aliphatic heterocycles. The fourth-order valence-electron chi connectivity index (χ4n) is 2.33. The van der Waals surface area contributed by atoms with Crippen LogP contribution in [0.4, 0.5) is 14.5 Å². The number of nitrogens with zero attached hydrogens (tertiary/aromatic N) is 2. The average Bonchev–Trinajstić information content (AvgIpc) is 3.03. The number of anilines is 1. The summed E-state index contributed by atoms with van der Waals surface area (Å²) in [6.07, 6.45) is 2.91. The van der Waals surface area contributed by atoms with Crippen LogP contribution >= 0.6 is 11.6 Å². The second-order valence-corrected chi connectivity index (χ2v) is 7.58. The number of alkyl halides is 2. The van der Waals surface area contributed by atoms with Crippen molar-refractivity contribution >= 4 is 27.3 Å². The summed E-state index contributed by atoms with van der Waals surface area (Å²) in [7, 11) is -3.97. The first-order chi connectivity index (χ1) is 12.8. The predicted octanol–water partition coefficient (Wildman–Crippen LogP) is 3.99. The van der Waals surface area contributed by atoms with Gasteiger partial charge >= 0.3 is 6.61 Å². The van der Waals surface area contributed by atoms with Crippen molar-refractivity contribution in [3.05, 3.63) is 71.5 Å². The van der Waals surface area contributed by atoms with Gasteiger partial charge in [0, 0.05) is 6.20 Å². The van der Waals surface area contributed by atoms with Crippen LogP contribution in [0.2, 0.25) is 5.02 Å². The quantitative estimate of drug-likeness (QED) is 0.635. The molecule has 0 aliphatic carbocycles. The van der Waals surface area contributed by atoms with Gasteiger partial charge in [-0.25, -0.2) is 8.42 Å². The van der Waals surface area contributed by atoms with Crippen LogP contribution in [0.5, 0.6) is 5.75 Å². The Balaban J connectivity index is 1.74. The predicted molar refractivity (Wildman–Crippen MR) is 96.7 cm³/mol. The van der Waals surface area contributed by atoms with Crippen molar-refractivity contribution in [2.75, 3.05) is 4.72 Å². The molecule has 1 N–H and O–H groups in total. The van der Waals surface area contributed by atoms with Crippen molar-refractivity contribution in [3.8, 4) is 5.75 Å². The molecular weight excluding hydrogens is 400 g/mol. The highest BCUT2D eigenvalue weighted by Gasteiger charge is 2.18. The fourth-order valence-corrected chi connectivity index (χ4v) is 3.67. The third-order valence-corrected chi connectivity index (χ3v) is 5.18. The molecule has 0 aliphatic rings. The van der Waals surface area contributed by atoms with E-state index < -0.39 is 16.6 Å². The number of halogens is 3. The molecule has 6 nitrogen and oxygen atoms in total. The van der Waals surface area contributed by atoms with E-state index in [0.29, 0.717) is 6.54 Å². The van der Waals surface area contributed by atoms with Crippen LogP contribution in [-0.2, 0) is 16.6 Å². The summed E-state index contributed by atoms with van der Waals surface area (Å²) in [5, 5.41) is 3.88. The van der Waals surface area contributed by atoms with Gasteiger partial charge in [-0.05, 0) is 23.8 Å². The third kappa shape index (κ3) is 4.95. The summed E-state index contributed by atoms with van der Waals surface area (Å²) in [5.74, 6) is -0.304. The summed E-state index contributed by atoms with van der Waals surface area (Å²) in [6.45, 7) is -2.58. The highest BCUT2D eigenvalue weighted by Crippen LogP contribution is 2.29. The van der Waals surface area contributed by atoms with E-state index in [4.69, 9.17) is 11.6 Å². The minimum Gasteiger partial charge on any atom is -0.433 e. The Labute approximate surface area is 159 Å². The molecule has 0 saturated heterocycles. The van der Waals surface area contributed by atoms with Gasteiger partial charge in [0.25, 0.3) is 10.0 Å². The van der Waals surface area contributed by atoms with Crippen LogP contribution < -0.4 is 9.46 Å². The Kier molecular flexibility index (Phi) is 5.62. The van der Waals surface area contributed by atoms with E-state index in [9.17, 15) is 17.2 Å². The summed E-state index contributed by atoms with van der Waals surface area (Å²) < 4.78 is 57.6.